The number of halogens is 20. The van der Waals surface area contributed by atoms with Gasteiger partial charge in [-0.25, -0.2) is 87.8 Å². The number of nitrogens with two attached hydrogens (primary N) is 1. The molecular formula is C40H20BF20N. The minimum absolute atomic E-state index is 1.06. The van der Waals surface area contributed by atoms with Crippen LogP contribution in [0.15, 0.2) is 48.5 Å². The van der Waals surface area contributed by atoms with Gasteiger partial charge in [0.05, 0.1) is 0 Å². The van der Waals surface area contributed by atoms with Gasteiger partial charge in [0.1, 0.15) is 65.8 Å². The lowest BCUT2D eigenvalue weighted by atomic mass is 9.12. The maximum absolute atomic E-state index is 15.4. The lowest BCUT2D eigenvalue weighted by Crippen LogP contribution is -2.81. The standard InChI is InChI=1S/C24BF20.C16H19N/c26-5-1(6(27)14(35)21(42)13(5)34)25(2-7(28)15(36)22(43)16(37)8(2)29,3-9(30)17(38)23(44)18(39)10(3)31)4-11(32)19(40)24(45)20(41)12(4)33;1-13-7-3-5-9-15(13)11-17-12-16-10-6-4-8-14(16)2/h;3-10,17H,11-12H2,1-2H3/q-1;/p+1. The number of benzene rings is 6. The number of rotatable bonds is 8. The summed E-state index contributed by atoms with van der Waals surface area (Å²) in [5, 5.41) is 2.37. The van der Waals surface area contributed by atoms with Crippen molar-refractivity contribution in [2.45, 2.75) is 26.9 Å². The highest BCUT2D eigenvalue weighted by atomic mass is 19.2. The monoisotopic (exact) mass is 905 g/mol. The van der Waals surface area contributed by atoms with E-state index in [1.807, 2.05) is 0 Å². The second-order valence-electron chi connectivity index (χ2n) is 13.4. The minimum Gasteiger partial charge on any atom is -0.339 e. The predicted octanol–water partition coefficient (Wildman–Crippen LogP) is 8.41. The maximum atomic E-state index is 15.4. The summed E-state index contributed by atoms with van der Waals surface area (Å²) in [4.78, 5) is 0. The fraction of sp³-hybridized carbons (Fsp3) is 0.100. The molecule has 0 fully saturated rings. The van der Waals surface area contributed by atoms with Crippen molar-refractivity contribution in [2.24, 2.45) is 0 Å². The Bertz CT molecular complexity index is 2330. The van der Waals surface area contributed by atoms with Crippen molar-refractivity contribution >= 4 is 28.0 Å². The Balaban J connectivity index is 0.000000355. The van der Waals surface area contributed by atoms with Crippen molar-refractivity contribution in [2.75, 3.05) is 0 Å². The van der Waals surface area contributed by atoms with Crippen molar-refractivity contribution in [1.29, 1.82) is 0 Å². The fourth-order valence-electron chi connectivity index (χ4n) is 6.94. The quantitative estimate of drug-likeness (QED) is 0.0685. The van der Waals surface area contributed by atoms with E-state index >= 15 is 35.1 Å². The molecular weight excluding hydrogens is 885 g/mol. The average molecular weight is 905 g/mol. The van der Waals surface area contributed by atoms with E-state index in [2.05, 4.69) is 67.7 Å². The van der Waals surface area contributed by atoms with Crippen molar-refractivity contribution in [1.82, 2.24) is 0 Å². The van der Waals surface area contributed by atoms with Crippen molar-refractivity contribution in [3.8, 4) is 0 Å². The molecule has 0 heterocycles. The highest BCUT2D eigenvalue weighted by molar-refractivity contribution is 7.20. The zero-order valence-electron chi connectivity index (χ0n) is 30.7. The summed E-state index contributed by atoms with van der Waals surface area (Å²) in [5.74, 6) is -71.4. The molecule has 0 radical (unpaired) electrons. The number of aryl methyl sites for hydroxylation is 2. The van der Waals surface area contributed by atoms with Gasteiger partial charge in [0.2, 0.25) is 0 Å². The summed E-state index contributed by atoms with van der Waals surface area (Å²) < 4.78 is 294. The van der Waals surface area contributed by atoms with E-state index in [4.69, 9.17) is 0 Å². The van der Waals surface area contributed by atoms with E-state index < -0.39 is 144 Å². The zero-order chi connectivity index (χ0) is 46.4. The normalized spacial score (nSPS) is 11.6. The molecule has 0 aliphatic rings. The Kier molecular flexibility index (Phi) is 13.4. The Morgan fingerprint density at radius 1 is 0.290 bits per heavy atom. The smallest absolute Gasteiger partial charge is 0.200 e. The number of hydrogen-bond donors (Lipinski definition) is 1. The van der Waals surface area contributed by atoms with Crippen molar-refractivity contribution in [3.05, 3.63) is 187 Å². The van der Waals surface area contributed by atoms with Crippen LogP contribution >= 0.6 is 0 Å². The van der Waals surface area contributed by atoms with Crippen LogP contribution < -0.4 is 27.2 Å². The highest BCUT2D eigenvalue weighted by Gasteiger charge is 2.52. The molecule has 0 saturated carbocycles. The first-order valence-electron chi connectivity index (χ1n) is 17.1. The molecule has 0 aliphatic carbocycles. The topological polar surface area (TPSA) is 16.6 Å². The van der Waals surface area contributed by atoms with Gasteiger partial charge in [-0.3, -0.25) is 0 Å². The molecule has 62 heavy (non-hydrogen) atoms. The predicted molar refractivity (Wildman–Crippen MR) is 181 cm³/mol. The molecule has 0 aromatic heterocycles. The van der Waals surface area contributed by atoms with E-state index in [-0.39, 0.29) is 0 Å². The Hall–Kier alpha value is -6.06. The third kappa shape index (κ3) is 7.51. The third-order valence-electron chi connectivity index (χ3n) is 9.96. The van der Waals surface area contributed by atoms with Crippen LogP contribution in [0.3, 0.4) is 0 Å². The van der Waals surface area contributed by atoms with E-state index in [1.54, 1.807) is 0 Å². The third-order valence-corrected chi connectivity index (χ3v) is 9.96. The first kappa shape index (κ1) is 47.0. The molecule has 328 valence electrons. The van der Waals surface area contributed by atoms with E-state index in [0.29, 0.717) is 0 Å². The summed E-state index contributed by atoms with van der Waals surface area (Å²) in [6.07, 6.45) is -7.22. The van der Waals surface area contributed by atoms with Gasteiger partial charge in [-0.1, -0.05) is 48.5 Å². The van der Waals surface area contributed by atoms with Gasteiger partial charge in [0.15, 0.2) is 69.8 Å². The lowest BCUT2D eigenvalue weighted by Gasteiger charge is -2.44. The van der Waals surface area contributed by atoms with E-state index in [0.717, 1.165) is 13.1 Å². The Morgan fingerprint density at radius 2 is 0.468 bits per heavy atom. The molecule has 0 aliphatic heterocycles. The molecule has 2 N–H and O–H groups in total. The van der Waals surface area contributed by atoms with Crippen LogP contribution in [0, 0.1) is 130 Å². The molecule has 0 bridgehead atoms. The first-order chi connectivity index (χ1) is 29.0. The summed E-state index contributed by atoms with van der Waals surface area (Å²) >= 11 is 0. The fourth-order valence-corrected chi connectivity index (χ4v) is 6.94. The zero-order valence-corrected chi connectivity index (χ0v) is 30.7. The molecule has 0 unspecified atom stereocenters. The van der Waals surface area contributed by atoms with Gasteiger partial charge in [0, 0.05) is 11.1 Å². The van der Waals surface area contributed by atoms with Crippen molar-refractivity contribution in [3.63, 3.8) is 0 Å². The number of quaternary nitrogens is 1. The molecule has 6 aromatic rings. The van der Waals surface area contributed by atoms with Crippen LogP contribution in [0.25, 0.3) is 0 Å². The lowest BCUT2D eigenvalue weighted by molar-refractivity contribution is -0.686. The molecule has 0 spiro atoms. The Morgan fingerprint density at radius 3 is 0.661 bits per heavy atom. The largest absolute Gasteiger partial charge is 0.339 e. The second-order valence-corrected chi connectivity index (χ2v) is 13.4. The molecule has 22 heteroatoms. The summed E-state index contributed by atoms with van der Waals surface area (Å²) in [7, 11) is 0. The minimum atomic E-state index is -7.22. The van der Waals surface area contributed by atoms with E-state index in [9.17, 15) is 52.7 Å². The molecule has 6 rings (SSSR count). The highest BCUT2D eigenvalue weighted by Crippen LogP contribution is 2.30. The molecule has 0 amide bonds. The van der Waals surface area contributed by atoms with Crippen molar-refractivity contribution < 1.29 is 93.1 Å². The molecule has 6 aromatic carbocycles. The molecule has 1 nitrogen and oxygen atoms in total. The summed E-state index contributed by atoms with van der Waals surface area (Å²) in [5.41, 5.74) is -8.70. The summed E-state index contributed by atoms with van der Waals surface area (Å²) in [6, 6.07) is 17.2. The van der Waals surface area contributed by atoms with Crippen LogP contribution in [0.1, 0.15) is 22.3 Å². The SMILES string of the molecule is Cc1ccccc1C[NH2+]Cc1ccccc1C.Fc1c(F)c(F)c([B-](c2c(F)c(F)c(F)c(F)c2F)(c2c(F)c(F)c(F)c(F)c2F)c2c(F)c(F)c(F)c(F)c2F)c(F)c1F. The molecule has 0 saturated heterocycles. The summed E-state index contributed by atoms with van der Waals surface area (Å²) in [6.45, 7) is 6.47. The van der Waals surface area contributed by atoms with Gasteiger partial charge in [-0.2, -0.15) is 0 Å². The van der Waals surface area contributed by atoms with Gasteiger partial charge in [-0.15, -0.1) is 21.9 Å². The van der Waals surface area contributed by atoms with Gasteiger partial charge in [0.25, 0.3) is 0 Å². The van der Waals surface area contributed by atoms with Crippen LogP contribution in [0.5, 0.6) is 0 Å². The average Bonchev–Trinajstić information content (AvgIpc) is 3.25. The first-order valence-corrected chi connectivity index (χ1v) is 17.1. The number of hydrogen-bond acceptors (Lipinski definition) is 0. The molecule has 0 atom stereocenters. The van der Waals surface area contributed by atoms with Gasteiger partial charge in [-0.05, 0) is 25.0 Å². The van der Waals surface area contributed by atoms with Crippen LogP contribution in [0.2, 0.25) is 0 Å². The van der Waals surface area contributed by atoms with Crippen LogP contribution in [0.4, 0.5) is 87.8 Å². The second kappa shape index (κ2) is 17.7. The van der Waals surface area contributed by atoms with Gasteiger partial charge < -0.3 is 5.32 Å². The van der Waals surface area contributed by atoms with Crippen LogP contribution in [-0.4, -0.2) is 6.15 Å². The van der Waals surface area contributed by atoms with Crippen LogP contribution in [-0.2, 0) is 13.1 Å². The maximum Gasteiger partial charge on any atom is 0.200 e. The van der Waals surface area contributed by atoms with E-state index in [1.165, 1.54) is 22.3 Å². The Labute approximate surface area is 335 Å². The van der Waals surface area contributed by atoms with Gasteiger partial charge >= 0.3 is 0 Å².